The van der Waals surface area contributed by atoms with Crippen molar-refractivity contribution >= 4 is 23.5 Å². The van der Waals surface area contributed by atoms with E-state index in [1.807, 2.05) is 0 Å². The van der Waals surface area contributed by atoms with Crippen LogP contribution in [-0.4, -0.2) is 41.4 Å². The van der Waals surface area contributed by atoms with Gasteiger partial charge in [-0.2, -0.15) is 0 Å². The molecule has 0 aliphatic carbocycles. The van der Waals surface area contributed by atoms with E-state index in [0.717, 1.165) is 0 Å². The van der Waals surface area contributed by atoms with Crippen LogP contribution in [0, 0.1) is 10.1 Å². The van der Waals surface area contributed by atoms with E-state index in [9.17, 15) is 24.5 Å². The number of non-ortho nitro benzene ring substituents is 1. The lowest BCUT2D eigenvalue weighted by Gasteiger charge is -2.34. The van der Waals surface area contributed by atoms with E-state index in [2.05, 4.69) is 4.74 Å². The third-order valence-corrected chi connectivity index (χ3v) is 5.16. The first-order valence-corrected chi connectivity index (χ1v) is 9.86. The number of ether oxygens (including phenoxy) is 2. The highest BCUT2D eigenvalue weighted by Gasteiger charge is 2.37. The highest BCUT2D eigenvalue weighted by molar-refractivity contribution is 5.96. The monoisotopic (exact) mass is 442 g/mol. The Morgan fingerprint density at radius 3 is 2.66 bits per heavy atom. The van der Waals surface area contributed by atoms with Gasteiger partial charge in [0, 0.05) is 30.2 Å². The van der Waals surface area contributed by atoms with Gasteiger partial charge in [-0.3, -0.25) is 14.9 Å². The number of carbonyl (C=O) groups excluding carboxylic acids is 3. The van der Waals surface area contributed by atoms with E-state index in [1.165, 1.54) is 36.3 Å². The highest BCUT2D eigenvalue weighted by Crippen LogP contribution is 2.38. The number of hydrogen-bond donors (Lipinski definition) is 0. The van der Waals surface area contributed by atoms with E-state index in [1.54, 1.807) is 26.0 Å². The molecule has 1 aromatic heterocycles. The summed E-state index contributed by atoms with van der Waals surface area (Å²) in [5.41, 5.74) is 0.934. The van der Waals surface area contributed by atoms with Gasteiger partial charge in [-0.1, -0.05) is 12.1 Å². The quantitative estimate of drug-likeness (QED) is 0.363. The number of hydrogen-bond acceptors (Lipinski definition) is 8. The van der Waals surface area contributed by atoms with E-state index >= 15 is 0 Å². The second-order valence-corrected chi connectivity index (χ2v) is 7.07. The predicted molar refractivity (Wildman–Crippen MR) is 110 cm³/mol. The van der Waals surface area contributed by atoms with Crippen molar-refractivity contribution in [2.24, 2.45) is 0 Å². The molecule has 10 nitrogen and oxygen atoms in total. The third kappa shape index (κ3) is 4.53. The number of esters is 2. The lowest BCUT2D eigenvalue weighted by molar-refractivity contribution is -0.384. The molecule has 2 aromatic rings. The van der Waals surface area contributed by atoms with Crippen LogP contribution < -0.4 is 0 Å². The van der Waals surface area contributed by atoms with Crippen molar-refractivity contribution in [1.29, 1.82) is 0 Å². The zero-order chi connectivity index (χ0) is 23.4. The van der Waals surface area contributed by atoms with E-state index in [-0.39, 0.29) is 42.5 Å². The number of carbonyl (C=O) groups is 3. The van der Waals surface area contributed by atoms with Gasteiger partial charge in [0.1, 0.15) is 5.76 Å². The van der Waals surface area contributed by atoms with Crippen molar-refractivity contribution in [1.82, 2.24) is 4.90 Å². The molecular formula is C22H22N2O8. The molecule has 0 unspecified atom stereocenters. The average Bonchev–Trinajstić information content (AvgIpc) is 3.24. The fourth-order valence-corrected chi connectivity index (χ4v) is 3.65. The fraction of sp³-hybridized carbons (Fsp3) is 0.318. The van der Waals surface area contributed by atoms with Crippen LogP contribution in [0.4, 0.5) is 5.69 Å². The van der Waals surface area contributed by atoms with Crippen molar-refractivity contribution in [2.45, 2.75) is 32.7 Å². The molecule has 1 aliphatic rings. The number of rotatable bonds is 7. The van der Waals surface area contributed by atoms with Crippen molar-refractivity contribution in [2.75, 3.05) is 13.7 Å². The number of methoxy groups -OCH3 is 1. The van der Waals surface area contributed by atoms with Crippen LogP contribution in [0.5, 0.6) is 0 Å². The maximum atomic E-state index is 13.0. The van der Waals surface area contributed by atoms with Crippen LogP contribution in [0.1, 0.15) is 48.1 Å². The summed E-state index contributed by atoms with van der Waals surface area (Å²) in [7, 11) is 1.23. The minimum atomic E-state index is -0.695. The number of nitrogens with zero attached hydrogens (tertiary/aromatic N) is 2. The van der Waals surface area contributed by atoms with Gasteiger partial charge in [-0.25, -0.2) is 9.59 Å². The molecule has 0 radical (unpaired) electrons. The molecule has 0 saturated heterocycles. The maximum Gasteiger partial charge on any atom is 0.373 e. The van der Waals surface area contributed by atoms with Gasteiger partial charge in [0.05, 0.1) is 30.8 Å². The predicted octanol–water partition coefficient (Wildman–Crippen LogP) is 3.33. The van der Waals surface area contributed by atoms with Crippen LogP contribution in [-0.2, 0) is 25.6 Å². The van der Waals surface area contributed by atoms with E-state index < -0.39 is 22.8 Å². The zero-order valence-electron chi connectivity index (χ0n) is 17.8. The molecule has 1 atom stereocenters. The normalized spacial score (nSPS) is 16.2. The molecule has 0 fully saturated rings. The largest absolute Gasteiger partial charge is 0.463 e. The number of furan rings is 1. The molecule has 0 spiro atoms. The van der Waals surface area contributed by atoms with Crippen molar-refractivity contribution in [3.05, 3.63) is 74.9 Å². The Balaban J connectivity index is 2.01. The summed E-state index contributed by atoms with van der Waals surface area (Å²) < 4.78 is 15.3. The molecule has 1 aliphatic heterocycles. The number of benzene rings is 1. The molecule has 2 heterocycles. The zero-order valence-corrected chi connectivity index (χ0v) is 17.8. The van der Waals surface area contributed by atoms with Gasteiger partial charge in [0.15, 0.2) is 0 Å². The molecule has 0 saturated carbocycles. The van der Waals surface area contributed by atoms with E-state index in [0.29, 0.717) is 17.0 Å². The number of nitro benzene ring substituents is 1. The molecule has 32 heavy (non-hydrogen) atoms. The second-order valence-electron chi connectivity index (χ2n) is 7.07. The standard InChI is InChI=1S/C22H22N2O8/c1-4-31-22(27)20-13(2)23(12-16-8-9-18(32-16)21(26)30-3)19(25)11-17(20)14-6-5-7-15(10-14)24(28)29/h5-10,17H,4,11-12H2,1-3H3/t17-/m0/s1. The number of amides is 1. The summed E-state index contributed by atoms with van der Waals surface area (Å²) in [5.74, 6) is -1.92. The van der Waals surface area contributed by atoms with Crippen LogP contribution in [0.15, 0.2) is 52.1 Å². The van der Waals surface area contributed by atoms with Crippen LogP contribution in [0.3, 0.4) is 0 Å². The first kappa shape index (κ1) is 22.7. The number of nitro groups is 1. The lowest BCUT2D eigenvalue weighted by Crippen LogP contribution is -2.38. The number of allylic oxidation sites excluding steroid dienone is 1. The Labute approximate surface area is 183 Å². The van der Waals surface area contributed by atoms with Gasteiger partial charge < -0.3 is 18.8 Å². The molecule has 10 heteroatoms. The Bertz CT molecular complexity index is 1100. The fourth-order valence-electron chi connectivity index (χ4n) is 3.65. The Hall–Kier alpha value is -3.95. The lowest BCUT2D eigenvalue weighted by atomic mass is 9.83. The minimum absolute atomic E-state index is 0.00585. The van der Waals surface area contributed by atoms with Gasteiger partial charge in [0.25, 0.3) is 5.69 Å². The summed E-state index contributed by atoms with van der Waals surface area (Å²) in [6, 6.07) is 8.84. The summed E-state index contributed by atoms with van der Waals surface area (Å²) in [6.45, 7) is 3.40. The molecule has 1 aromatic carbocycles. The maximum absolute atomic E-state index is 13.0. The molecule has 0 N–H and O–H groups in total. The first-order chi connectivity index (χ1) is 15.3. The Morgan fingerprint density at radius 2 is 2.00 bits per heavy atom. The second kappa shape index (κ2) is 9.46. The Kier molecular flexibility index (Phi) is 6.72. The smallest absolute Gasteiger partial charge is 0.373 e. The van der Waals surface area contributed by atoms with Gasteiger partial charge in [0.2, 0.25) is 11.7 Å². The first-order valence-electron chi connectivity index (χ1n) is 9.86. The summed E-state index contributed by atoms with van der Waals surface area (Å²) in [4.78, 5) is 49.5. The van der Waals surface area contributed by atoms with E-state index in [4.69, 9.17) is 9.15 Å². The highest BCUT2D eigenvalue weighted by atomic mass is 16.6. The summed E-state index contributed by atoms with van der Waals surface area (Å²) in [6.07, 6.45) is -0.0861. The van der Waals surface area contributed by atoms with Crippen LogP contribution >= 0.6 is 0 Å². The topological polar surface area (TPSA) is 129 Å². The average molecular weight is 442 g/mol. The van der Waals surface area contributed by atoms with Crippen molar-refractivity contribution in [3.63, 3.8) is 0 Å². The SMILES string of the molecule is CCOC(=O)C1=C(C)N(Cc2ccc(C(=O)OC)o2)C(=O)C[C@H]1c1cccc([N+](=O)[O-])c1. The molecule has 0 bridgehead atoms. The summed E-state index contributed by atoms with van der Waals surface area (Å²) >= 11 is 0. The molecular weight excluding hydrogens is 420 g/mol. The molecule has 3 rings (SSSR count). The van der Waals surface area contributed by atoms with Crippen LogP contribution in [0.2, 0.25) is 0 Å². The third-order valence-electron chi connectivity index (χ3n) is 5.16. The molecule has 168 valence electrons. The summed E-state index contributed by atoms with van der Waals surface area (Å²) in [5, 5.41) is 11.2. The van der Waals surface area contributed by atoms with Gasteiger partial charge in [-0.15, -0.1) is 0 Å². The minimum Gasteiger partial charge on any atom is -0.463 e. The Morgan fingerprint density at radius 1 is 1.25 bits per heavy atom. The molecule has 1 amide bonds. The van der Waals surface area contributed by atoms with Crippen LogP contribution in [0.25, 0.3) is 0 Å². The van der Waals surface area contributed by atoms with Gasteiger partial charge >= 0.3 is 11.9 Å². The van der Waals surface area contributed by atoms with Gasteiger partial charge in [-0.05, 0) is 31.5 Å². The van der Waals surface area contributed by atoms with Crippen molar-refractivity contribution in [3.8, 4) is 0 Å². The van der Waals surface area contributed by atoms with Crippen molar-refractivity contribution < 1.29 is 33.2 Å².